The zero-order chi connectivity index (χ0) is 27.9. The molecule has 0 unspecified atom stereocenters. The number of carbonyl (C=O) groups is 2. The summed E-state index contributed by atoms with van der Waals surface area (Å²) in [6.07, 6.45) is 0. The van der Waals surface area contributed by atoms with Crippen molar-refractivity contribution in [1.29, 1.82) is 0 Å². The summed E-state index contributed by atoms with van der Waals surface area (Å²) in [5.74, 6) is 0.230. The van der Waals surface area contributed by atoms with E-state index >= 15 is 0 Å². The van der Waals surface area contributed by atoms with Gasteiger partial charge in [0.25, 0.3) is 0 Å². The lowest BCUT2D eigenvalue weighted by Crippen LogP contribution is -2.33. The molecule has 40 heavy (non-hydrogen) atoms. The molecule has 0 radical (unpaired) electrons. The van der Waals surface area contributed by atoms with Crippen LogP contribution in [0.25, 0.3) is 0 Å². The van der Waals surface area contributed by atoms with Gasteiger partial charge in [0.1, 0.15) is 11.5 Å². The molecule has 1 spiro atoms. The number of hydrogen-bond acceptors (Lipinski definition) is 7. The number of esters is 2. The van der Waals surface area contributed by atoms with Gasteiger partial charge in [0.05, 0.1) is 17.7 Å². The predicted octanol–water partition coefficient (Wildman–Crippen LogP) is 7.02. The summed E-state index contributed by atoms with van der Waals surface area (Å²) >= 11 is 0. The van der Waals surface area contributed by atoms with E-state index in [9.17, 15) is 9.59 Å². The molecular weight excluding hydrogens is 504 g/mol. The van der Waals surface area contributed by atoms with E-state index in [0.717, 1.165) is 35.7 Å². The molecule has 0 aromatic heterocycles. The topological polar surface area (TPSA) is 77.1 Å². The Morgan fingerprint density at radius 1 is 0.825 bits per heavy atom. The number of para-hydroxylation sites is 1. The van der Waals surface area contributed by atoms with E-state index in [4.69, 9.17) is 14.2 Å². The lowest BCUT2D eigenvalue weighted by Gasteiger charge is -2.37. The maximum Gasteiger partial charge on any atom is 0.340 e. The SMILES string of the molecule is CCOC(=O)c1ccc2c(c1)C(=O)O[C@@]21c2ccc(N(CC)CC)cc2Oc2ccc(Nc3ccccc3)cc21. The zero-order valence-corrected chi connectivity index (χ0v) is 22.7. The molecule has 0 saturated carbocycles. The van der Waals surface area contributed by atoms with E-state index in [1.807, 2.05) is 66.7 Å². The predicted molar refractivity (Wildman–Crippen MR) is 154 cm³/mol. The first-order valence-corrected chi connectivity index (χ1v) is 13.6. The molecule has 2 aliphatic rings. The van der Waals surface area contributed by atoms with Gasteiger partial charge in [-0.25, -0.2) is 9.59 Å². The number of nitrogens with zero attached hydrogens (tertiary/aromatic N) is 1. The van der Waals surface area contributed by atoms with Crippen LogP contribution in [0, 0.1) is 0 Å². The molecule has 4 aromatic carbocycles. The van der Waals surface area contributed by atoms with Crippen LogP contribution in [0.3, 0.4) is 0 Å². The summed E-state index contributed by atoms with van der Waals surface area (Å²) in [5, 5.41) is 3.43. The highest BCUT2D eigenvalue weighted by molar-refractivity contribution is 6.00. The maximum atomic E-state index is 13.5. The molecule has 1 N–H and O–H groups in total. The van der Waals surface area contributed by atoms with Crippen LogP contribution in [-0.4, -0.2) is 31.6 Å². The third-order valence-electron chi connectivity index (χ3n) is 7.49. The Morgan fingerprint density at radius 3 is 2.35 bits per heavy atom. The lowest BCUT2D eigenvalue weighted by molar-refractivity contribution is 0.0224. The fourth-order valence-electron chi connectivity index (χ4n) is 5.61. The molecule has 7 heteroatoms. The second-order valence-electron chi connectivity index (χ2n) is 9.71. The van der Waals surface area contributed by atoms with Gasteiger partial charge in [-0.3, -0.25) is 0 Å². The third kappa shape index (κ3) is 4.06. The van der Waals surface area contributed by atoms with E-state index < -0.39 is 17.5 Å². The number of carbonyl (C=O) groups excluding carboxylic acids is 2. The molecule has 7 nitrogen and oxygen atoms in total. The third-order valence-corrected chi connectivity index (χ3v) is 7.49. The number of benzene rings is 4. The number of ether oxygens (including phenoxy) is 3. The number of hydrogen-bond donors (Lipinski definition) is 1. The average molecular weight is 535 g/mol. The fourth-order valence-corrected chi connectivity index (χ4v) is 5.61. The smallest absolute Gasteiger partial charge is 0.340 e. The van der Waals surface area contributed by atoms with E-state index in [2.05, 4.69) is 24.1 Å². The highest BCUT2D eigenvalue weighted by Gasteiger charge is 2.54. The zero-order valence-electron chi connectivity index (χ0n) is 22.7. The van der Waals surface area contributed by atoms with Gasteiger partial charge in [-0.15, -0.1) is 0 Å². The van der Waals surface area contributed by atoms with Crippen LogP contribution in [0.5, 0.6) is 11.5 Å². The van der Waals surface area contributed by atoms with Crippen LogP contribution in [0.1, 0.15) is 58.2 Å². The Bertz CT molecular complexity index is 1610. The molecular formula is C33H30N2O5. The maximum absolute atomic E-state index is 13.5. The Kier molecular flexibility index (Phi) is 6.42. The molecule has 4 aromatic rings. The fraction of sp³-hybridized carbons (Fsp3) is 0.212. The Morgan fingerprint density at radius 2 is 1.60 bits per heavy atom. The summed E-state index contributed by atoms with van der Waals surface area (Å²) < 4.78 is 18.0. The number of rotatable bonds is 7. The van der Waals surface area contributed by atoms with Crippen LogP contribution >= 0.6 is 0 Å². The van der Waals surface area contributed by atoms with E-state index in [0.29, 0.717) is 33.8 Å². The first kappa shape index (κ1) is 25.5. The van der Waals surface area contributed by atoms with Crippen molar-refractivity contribution in [3.8, 4) is 11.5 Å². The Labute approximate surface area is 233 Å². The first-order chi connectivity index (χ1) is 19.5. The van der Waals surface area contributed by atoms with Crippen LogP contribution < -0.4 is 15.0 Å². The summed E-state index contributed by atoms with van der Waals surface area (Å²) in [6, 6.07) is 26.7. The second kappa shape index (κ2) is 10.1. The molecule has 0 saturated heterocycles. The number of anilines is 3. The molecule has 0 bridgehead atoms. The normalized spacial score (nSPS) is 16.3. The van der Waals surface area contributed by atoms with Crippen LogP contribution in [0.4, 0.5) is 17.1 Å². The van der Waals surface area contributed by atoms with Crippen molar-refractivity contribution in [1.82, 2.24) is 0 Å². The largest absolute Gasteiger partial charge is 0.462 e. The van der Waals surface area contributed by atoms with Crippen LogP contribution in [-0.2, 0) is 15.1 Å². The summed E-state index contributed by atoms with van der Waals surface area (Å²) in [4.78, 5) is 28.2. The quantitative estimate of drug-likeness (QED) is 0.255. The second-order valence-corrected chi connectivity index (χ2v) is 9.71. The molecule has 0 fully saturated rings. The molecule has 0 amide bonds. The molecule has 1 atom stereocenters. The highest BCUT2D eigenvalue weighted by Crippen LogP contribution is 2.57. The number of nitrogens with one attached hydrogen (secondary N) is 1. The molecule has 0 aliphatic carbocycles. The summed E-state index contributed by atoms with van der Waals surface area (Å²) in [5.41, 5.74) is 4.24. The van der Waals surface area contributed by atoms with Crippen LogP contribution in [0.15, 0.2) is 84.9 Å². The van der Waals surface area contributed by atoms with Gasteiger partial charge >= 0.3 is 11.9 Å². The van der Waals surface area contributed by atoms with Gasteiger partial charge < -0.3 is 24.4 Å². The molecule has 2 aliphatic heterocycles. The Hall–Kier alpha value is -4.78. The number of fused-ring (bicyclic) bond motifs is 6. The minimum Gasteiger partial charge on any atom is -0.462 e. The standard InChI is InChI=1S/C33H30N2O5/c1-4-35(5-2)24-14-16-27-30(20-24)39-29-17-13-23(34-22-10-8-7-9-11-22)19-28(29)33(27)26-15-12-21(31(36)38-6-3)18-25(26)32(37)40-33/h7-20,34H,4-6H2,1-3H3/t33-/m1/s1. The van der Waals surface area contributed by atoms with Gasteiger partial charge in [0.2, 0.25) is 0 Å². The van der Waals surface area contributed by atoms with Crippen molar-refractivity contribution in [2.75, 3.05) is 29.9 Å². The van der Waals surface area contributed by atoms with Gasteiger partial charge in [-0.05, 0) is 75.4 Å². The summed E-state index contributed by atoms with van der Waals surface area (Å²) in [7, 11) is 0. The van der Waals surface area contributed by atoms with E-state index in [1.54, 1.807) is 25.1 Å². The van der Waals surface area contributed by atoms with Crippen LogP contribution in [0.2, 0.25) is 0 Å². The van der Waals surface area contributed by atoms with Gasteiger partial charge in [-0.1, -0.05) is 24.3 Å². The van der Waals surface area contributed by atoms with Crippen molar-refractivity contribution >= 4 is 29.0 Å². The highest BCUT2D eigenvalue weighted by atomic mass is 16.6. The van der Waals surface area contributed by atoms with Gasteiger partial charge in [-0.2, -0.15) is 0 Å². The minimum atomic E-state index is -1.25. The monoisotopic (exact) mass is 534 g/mol. The average Bonchev–Trinajstić information content (AvgIpc) is 3.26. The Balaban J connectivity index is 1.55. The van der Waals surface area contributed by atoms with Crippen molar-refractivity contribution in [2.45, 2.75) is 26.4 Å². The van der Waals surface area contributed by atoms with E-state index in [-0.39, 0.29) is 6.61 Å². The van der Waals surface area contributed by atoms with Crippen molar-refractivity contribution in [3.05, 3.63) is 113 Å². The van der Waals surface area contributed by atoms with Crippen molar-refractivity contribution < 1.29 is 23.8 Å². The minimum absolute atomic E-state index is 0.244. The molecule has 6 rings (SSSR count). The van der Waals surface area contributed by atoms with E-state index in [1.165, 1.54) is 0 Å². The lowest BCUT2D eigenvalue weighted by atomic mass is 9.77. The van der Waals surface area contributed by atoms with Gasteiger partial charge in [0, 0.05) is 52.9 Å². The van der Waals surface area contributed by atoms with Crippen molar-refractivity contribution in [2.24, 2.45) is 0 Å². The molecule has 202 valence electrons. The summed E-state index contributed by atoms with van der Waals surface area (Å²) in [6.45, 7) is 7.91. The van der Waals surface area contributed by atoms with Crippen molar-refractivity contribution in [3.63, 3.8) is 0 Å². The molecule has 2 heterocycles. The van der Waals surface area contributed by atoms with Gasteiger partial charge in [0.15, 0.2) is 5.60 Å². The first-order valence-electron chi connectivity index (χ1n) is 13.6.